The predicted octanol–water partition coefficient (Wildman–Crippen LogP) is 3.68. The Hall–Kier alpha value is -1.31. The van der Waals surface area contributed by atoms with Gasteiger partial charge in [-0.2, -0.15) is 0 Å². The van der Waals surface area contributed by atoms with Crippen LogP contribution in [0.5, 0.6) is 0 Å². The molecule has 2 saturated carbocycles. The molecule has 2 bridgehead atoms. The second-order valence-electron chi connectivity index (χ2n) is 6.02. The van der Waals surface area contributed by atoms with Gasteiger partial charge >= 0.3 is 0 Å². The van der Waals surface area contributed by atoms with Gasteiger partial charge in [0.25, 0.3) is 0 Å². The van der Waals surface area contributed by atoms with Crippen LogP contribution in [0.1, 0.15) is 36.8 Å². The zero-order chi connectivity index (χ0) is 12.7. The van der Waals surface area contributed by atoms with Crippen LogP contribution >= 0.6 is 0 Å². The van der Waals surface area contributed by atoms with E-state index in [1.165, 1.54) is 30.4 Å². The van der Waals surface area contributed by atoms with Crippen LogP contribution in [0.25, 0.3) is 0 Å². The van der Waals surface area contributed by atoms with E-state index in [4.69, 9.17) is 0 Å². The number of hydrogen-bond donors (Lipinski definition) is 1. The molecule has 2 heteroatoms. The highest BCUT2D eigenvalue weighted by Crippen LogP contribution is 2.48. The van der Waals surface area contributed by atoms with Crippen molar-refractivity contribution in [1.29, 1.82) is 0 Å². The van der Waals surface area contributed by atoms with E-state index in [-0.39, 0.29) is 11.8 Å². The molecule has 1 amide bonds. The minimum atomic E-state index is 0.246. The molecule has 1 aromatic rings. The summed E-state index contributed by atoms with van der Waals surface area (Å²) in [4.78, 5) is 12.4. The molecule has 0 radical (unpaired) electrons. The molecular weight excluding hydrogens is 222 g/mol. The van der Waals surface area contributed by atoms with Crippen LogP contribution in [-0.4, -0.2) is 5.91 Å². The Labute approximate surface area is 109 Å². The Bertz CT molecular complexity index is 480. The van der Waals surface area contributed by atoms with Gasteiger partial charge in [0.1, 0.15) is 0 Å². The van der Waals surface area contributed by atoms with E-state index in [0.29, 0.717) is 5.92 Å². The summed E-state index contributed by atoms with van der Waals surface area (Å²) in [5.41, 5.74) is 3.41. The number of benzene rings is 1. The number of carbonyl (C=O) groups excluding carboxylic acids is 1. The van der Waals surface area contributed by atoms with Crippen LogP contribution in [0, 0.1) is 31.6 Å². The lowest BCUT2D eigenvalue weighted by atomic mass is 9.88. The molecule has 18 heavy (non-hydrogen) atoms. The number of fused-ring (bicyclic) bond motifs is 2. The maximum Gasteiger partial charge on any atom is 0.227 e. The highest BCUT2D eigenvalue weighted by Gasteiger charge is 2.43. The van der Waals surface area contributed by atoms with Crippen LogP contribution < -0.4 is 5.32 Å². The summed E-state index contributed by atoms with van der Waals surface area (Å²) in [7, 11) is 0. The normalized spacial score (nSPS) is 29.6. The zero-order valence-corrected chi connectivity index (χ0v) is 11.2. The Morgan fingerprint density at radius 3 is 2.72 bits per heavy atom. The van der Waals surface area contributed by atoms with Crippen molar-refractivity contribution in [2.24, 2.45) is 17.8 Å². The fourth-order valence-electron chi connectivity index (χ4n) is 3.68. The monoisotopic (exact) mass is 243 g/mol. The Balaban J connectivity index is 1.73. The minimum absolute atomic E-state index is 0.246. The highest BCUT2D eigenvalue weighted by atomic mass is 16.1. The Morgan fingerprint density at radius 2 is 2.06 bits per heavy atom. The number of anilines is 1. The van der Waals surface area contributed by atoms with Crippen LogP contribution in [0.15, 0.2) is 18.2 Å². The molecule has 3 atom stereocenters. The second kappa shape index (κ2) is 4.42. The molecule has 0 aromatic heterocycles. The summed E-state index contributed by atoms with van der Waals surface area (Å²) < 4.78 is 0. The predicted molar refractivity (Wildman–Crippen MR) is 73.5 cm³/mol. The number of rotatable bonds is 2. The molecule has 2 aliphatic rings. The van der Waals surface area contributed by atoms with Gasteiger partial charge in [0.15, 0.2) is 0 Å². The molecule has 0 spiro atoms. The molecule has 3 rings (SSSR count). The molecule has 0 heterocycles. The van der Waals surface area contributed by atoms with E-state index in [2.05, 4.69) is 25.2 Å². The largest absolute Gasteiger partial charge is 0.326 e. The molecule has 0 unspecified atom stereocenters. The van der Waals surface area contributed by atoms with Crippen molar-refractivity contribution in [1.82, 2.24) is 0 Å². The van der Waals surface area contributed by atoms with Gasteiger partial charge in [0.2, 0.25) is 5.91 Å². The van der Waals surface area contributed by atoms with Crippen molar-refractivity contribution in [2.45, 2.75) is 39.5 Å². The second-order valence-corrected chi connectivity index (χ2v) is 6.02. The van der Waals surface area contributed by atoms with Crippen LogP contribution in [-0.2, 0) is 4.79 Å². The van der Waals surface area contributed by atoms with Crippen LogP contribution in [0.4, 0.5) is 5.69 Å². The van der Waals surface area contributed by atoms with Gasteiger partial charge in [-0.1, -0.05) is 18.6 Å². The molecule has 1 aromatic carbocycles. The zero-order valence-electron chi connectivity index (χ0n) is 11.2. The number of amides is 1. The lowest BCUT2D eigenvalue weighted by Gasteiger charge is -2.21. The van der Waals surface area contributed by atoms with E-state index in [0.717, 1.165) is 18.0 Å². The van der Waals surface area contributed by atoms with Crippen molar-refractivity contribution < 1.29 is 4.79 Å². The summed E-state index contributed by atoms with van der Waals surface area (Å²) in [5.74, 6) is 1.99. The highest BCUT2D eigenvalue weighted by molar-refractivity contribution is 5.93. The standard InChI is InChI=1S/C16H21NO/c1-10-4-3-5-15(11(10)2)17-16(18)14-9-12-6-7-13(14)8-12/h3-5,12-14H,6-9H2,1-2H3,(H,17,18)/t12-,13-,14-/m1/s1. The Kier molecular flexibility index (Phi) is 2.89. The van der Waals surface area contributed by atoms with E-state index in [9.17, 15) is 4.79 Å². The van der Waals surface area contributed by atoms with E-state index in [1.807, 2.05) is 12.1 Å². The SMILES string of the molecule is Cc1cccc(NC(=O)[C@@H]2C[C@@H]3CC[C@@H]2C3)c1C. The number of hydrogen-bond acceptors (Lipinski definition) is 1. The van der Waals surface area contributed by atoms with Gasteiger partial charge in [-0.3, -0.25) is 4.79 Å². The molecule has 2 nitrogen and oxygen atoms in total. The molecular formula is C16H21NO. The third-order valence-corrected chi connectivity index (χ3v) is 4.94. The summed E-state index contributed by atoms with van der Waals surface area (Å²) in [6.45, 7) is 4.16. The van der Waals surface area contributed by atoms with Gasteiger partial charge < -0.3 is 5.32 Å². The van der Waals surface area contributed by atoms with Crippen molar-refractivity contribution in [3.05, 3.63) is 29.3 Å². The Morgan fingerprint density at radius 1 is 1.22 bits per heavy atom. The average molecular weight is 243 g/mol. The van der Waals surface area contributed by atoms with E-state index in [1.54, 1.807) is 0 Å². The summed E-state index contributed by atoms with van der Waals surface area (Å²) in [6.07, 6.45) is 5.00. The van der Waals surface area contributed by atoms with Crippen LogP contribution in [0.2, 0.25) is 0 Å². The lowest BCUT2D eigenvalue weighted by molar-refractivity contribution is -0.121. The van der Waals surface area contributed by atoms with Gasteiger partial charge in [0.05, 0.1) is 0 Å². The first-order chi connectivity index (χ1) is 8.65. The minimum Gasteiger partial charge on any atom is -0.326 e. The van der Waals surface area contributed by atoms with Gasteiger partial charge in [0, 0.05) is 11.6 Å². The average Bonchev–Trinajstić information content (AvgIpc) is 2.97. The maximum atomic E-state index is 12.4. The van der Waals surface area contributed by atoms with Gasteiger partial charge in [-0.25, -0.2) is 0 Å². The lowest BCUT2D eigenvalue weighted by Crippen LogP contribution is -2.27. The molecule has 0 saturated heterocycles. The summed E-state index contributed by atoms with van der Waals surface area (Å²) >= 11 is 0. The molecule has 1 N–H and O–H groups in total. The summed E-state index contributed by atoms with van der Waals surface area (Å²) in [5, 5.41) is 3.14. The third kappa shape index (κ3) is 1.94. The fourth-order valence-corrected chi connectivity index (χ4v) is 3.68. The van der Waals surface area contributed by atoms with Crippen molar-refractivity contribution in [2.75, 3.05) is 5.32 Å². The molecule has 2 fully saturated rings. The number of aryl methyl sites for hydroxylation is 1. The fraction of sp³-hybridized carbons (Fsp3) is 0.562. The number of carbonyl (C=O) groups is 1. The van der Waals surface area contributed by atoms with Gasteiger partial charge in [-0.05, 0) is 62.1 Å². The van der Waals surface area contributed by atoms with Crippen LogP contribution in [0.3, 0.4) is 0 Å². The van der Waals surface area contributed by atoms with Gasteiger partial charge in [-0.15, -0.1) is 0 Å². The van der Waals surface area contributed by atoms with Crippen molar-refractivity contribution in [3.8, 4) is 0 Å². The first-order valence-electron chi connectivity index (χ1n) is 7.02. The number of nitrogens with one attached hydrogen (secondary N) is 1. The topological polar surface area (TPSA) is 29.1 Å². The quantitative estimate of drug-likeness (QED) is 0.843. The maximum absolute atomic E-state index is 12.4. The molecule has 96 valence electrons. The van der Waals surface area contributed by atoms with Crippen molar-refractivity contribution >= 4 is 11.6 Å². The van der Waals surface area contributed by atoms with Crippen molar-refractivity contribution in [3.63, 3.8) is 0 Å². The molecule has 0 aliphatic heterocycles. The van der Waals surface area contributed by atoms with E-state index >= 15 is 0 Å². The van der Waals surface area contributed by atoms with E-state index < -0.39 is 0 Å². The third-order valence-electron chi connectivity index (χ3n) is 4.94. The smallest absolute Gasteiger partial charge is 0.227 e. The first-order valence-corrected chi connectivity index (χ1v) is 7.02. The summed E-state index contributed by atoms with van der Waals surface area (Å²) in [6, 6.07) is 6.11. The molecule has 2 aliphatic carbocycles. The first kappa shape index (κ1) is 11.8.